The molecule has 0 spiro atoms. The summed E-state index contributed by atoms with van der Waals surface area (Å²) in [5.41, 5.74) is 2.87. The van der Waals surface area contributed by atoms with Crippen molar-refractivity contribution < 1.29 is 23.8 Å². The molecule has 2 aromatic rings. The maximum absolute atomic E-state index is 13.0. The predicted molar refractivity (Wildman–Crippen MR) is 137 cm³/mol. The van der Waals surface area contributed by atoms with Crippen LogP contribution in [0.1, 0.15) is 43.6 Å². The Balaban J connectivity index is 1.74. The van der Waals surface area contributed by atoms with Gasteiger partial charge in [0.1, 0.15) is 11.5 Å². The molecule has 0 bridgehead atoms. The normalized spacial score (nSPS) is 13.3. The van der Waals surface area contributed by atoms with E-state index in [-0.39, 0.29) is 18.0 Å². The first-order valence-corrected chi connectivity index (χ1v) is 12.1. The molecule has 1 saturated heterocycles. The minimum atomic E-state index is -0.260. The smallest absolute Gasteiger partial charge is 0.315 e. The van der Waals surface area contributed by atoms with Crippen LogP contribution in [0.25, 0.3) is 0 Å². The number of carbonyl (C=O) groups is 2. The molecule has 1 heterocycles. The molecule has 0 saturated carbocycles. The fraction of sp³-hybridized carbons (Fsp3) is 0.462. The molecule has 2 aromatic carbocycles. The Morgan fingerprint density at radius 2 is 1.66 bits per heavy atom. The quantitative estimate of drug-likeness (QED) is 0.475. The Labute approximate surface area is 207 Å². The molecule has 3 amide bonds. The number of anilines is 2. The number of urea groups is 1. The van der Waals surface area contributed by atoms with Crippen LogP contribution < -0.4 is 30.3 Å². The highest BCUT2D eigenvalue weighted by Gasteiger charge is 2.21. The summed E-state index contributed by atoms with van der Waals surface area (Å²) in [6, 6.07) is 10.7. The van der Waals surface area contributed by atoms with E-state index in [1.165, 1.54) is 0 Å². The topological polar surface area (TPSA) is 101 Å². The van der Waals surface area contributed by atoms with Gasteiger partial charge in [-0.1, -0.05) is 12.1 Å². The molecule has 0 atom stereocenters. The van der Waals surface area contributed by atoms with Crippen LogP contribution in [-0.2, 0) is 11.3 Å². The number of ether oxygens (including phenoxy) is 3. The van der Waals surface area contributed by atoms with Gasteiger partial charge in [-0.25, -0.2) is 4.79 Å². The lowest BCUT2D eigenvalue weighted by atomic mass is 10.1. The van der Waals surface area contributed by atoms with Crippen molar-refractivity contribution in [3.05, 3.63) is 47.5 Å². The van der Waals surface area contributed by atoms with Gasteiger partial charge in [0.2, 0.25) is 0 Å². The molecular formula is C26H36N4O5. The van der Waals surface area contributed by atoms with E-state index in [0.29, 0.717) is 55.7 Å². The molecule has 190 valence electrons. The molecular weight excluding hydrogens is 448 g/mol. The first kappa shape index (κ1) is 26.2. The summed E-state index contributed by atoms with van der Waals surface area (Å²) in [5.74, 6) is 1.02. The molecule has 3 rings (SSSR count). The minimum absolute atomic E-state index is 0.0637. The van der Waals surface area contributed by atoms with Crippen LogP contribution in [0.5, 0.6) is 11.5 Å². The van der Waals surface area contributed by atoms with Crippen molar-refractivity contribution in [2.24, 2.45) is 0 Å². The summed E-state index contributed by atoms with van der Waals surface area (Å²) >= 11 is 0. The van der Waals surface area contributed by atoms with E-state index in [9.17, 15) is 9.59 Å². The van der Waals surface area contributed by atoms with Crippen molar-refractivity contribution in [2.75, 3.05) is 49.7 Å². The third-order valence-electron chi connectivity index (χ3n) is 5.35. The van der Waals surface area contributed by atoms with E-state index in [0.717, 1.165) is 24.3 Å². The molecule has 0 radical (unpaired) electrons. The predicted octanol–water partition coefficient (Wildman–Crippen LogP) is 3.78. The summed E-state index contributed by atoms with van der Waals surface area (Å²) in [7, 11) is 0. The summed E-state index contributed by atoms with van der Waals surface area (Å²) < 4.78 is 17.3. The van der Waals surface area contributed by atoms with Crippen LogP contribution in [0, 0.1) is 0 Å². The monoisotopic (exact) mass is 484 g/mol. The lowest BCUT2D eigenvalue weighted by Crippen LogP contribution is -2.39. The van der Waals surface area contributed by atoms with Gasteiger partial charge in [0, 0.05) is 43.4 Å². The number of benzene rings is 2. The number of rotatable bonds is 10. The Bertz CT molecular complexity index is 988. The highest BCUT2D eigenvalue weighted by molar-refractivity contribution is 6.05. The number of hydrogen-bond acceptors (Lipinski definition) is 6. The molecule has 3 N–H and O–H groups in total. The third-order valence-corrected chi connectivity index (χ3v) is 5.35. The molecule has 9 nitrogen and oxygen atoms in total. The van der Waals surface area contributed by atoms with Crippen molar-refractivity contribution in [1.29, 1.82) is 0 Å². The SMILES string of the molecule is CCOc1cc(N2CCOCC2)c(OCC)cc1NC(=O)c1ccc(CNC(=O)NC(C)C)cc1. The average molecular weight is 485 g/mol. The lowest BCUT2D eigenvalue weighted by molar-refractivity contribution is 0.102. The van der Waals surface area contributed by atoms with E-state index in [2.05, 4.69) is 20.9 Å². The average Bonchev–Trinajstić information content (AvgIpc) is 2.85. The standard InChI is InChI=1S/C26H36N4O5/c1-5-34-23-16-22(30-11-13-33-14-12-30)24(35-6-2)15-21(23)29-25(31)20-9-7-19(8-10-20)17-27-26(32)28-18(3)4/h7-10,15-16,18H,5-6,11-14,17H2,1-4H3,(H,29,31)(H2,27,28,32). The molecule has 1 aliphatic heterocycles. The number of amides is 3. The van der Waals surface area contributed by atoms with Crippen LogP contribution in [-0.4, -0.2) is 57.5 Å². The van der Waals surface area contributed by atoms with E-state index < -0.39 is 0 Å². The Morgan fingerprint density at radius 3 is 2.29 bits per heavy atom. The van der Waals surface area contributed by atoms with Crippen molar-refractivity contribution >= 4 is 23.3 Å². The fourth-order valence-electron chi connectivity index (χ4n) is 3.71. The zero-order chi connectivity index (χ0) is 25.2. The molecule has 9 heteroatoms. The largest absolute Gasteiger partial charge is 0.492 e. The minimum Gasteiger partial charge on any atom is -0.492 e. The number of nitrogens with zero attached hydrogens (tertiary/aromatic N) is 1. The second-order valence-electron chi connectivity index (χ2n) is 8.41. The maximum atomic E-state index is 13.0. The van der Waals surface area contributed by atoms with Crippen LogP contribution in [0.15, 0.2) is 36.4 Å². The van der Waals surface area contributed by atoms with Gasteiger partial charge in [-0.3, -0.25) is 4.79 Å². The van der Waals surface area contributed by atoms with Gasteiger partial charge in [0.05, 0.1) is 37.8 Å². The van der Waals surface area contributed by atoms with Crippen LogP contribution in [0.4, 0.5) is 16.2 Å². The summed E-state index contributed by atoms with van der Waals surface area (Å²) in [6.07, 6.45) is 0. The first-order valence-electron chi connectivity index (χ1n) is 12.1. The zero-order valence-electron chi connectivity index (χ0n) is 21.0. The third kappa shape index (κ3) is 7.51. The van der Waals surface area contributed by atoms with Crippen LogP contribution in [0.3, 0.4) is 0 Å². The fourth-order valence-corrected chi connectivity index (χ4v) is 3.71. The number of carbonyl (C=O) groups excluding carboxylic acids is 2. The molecule has 0 aliphatic carbocycles. The van der Waals surface area contributed by atoms with Gasteiger partial charge in [-0.2, -0.15) is 0 Å². The summed E-state index contributed by atoms with van der Waals surface area (Å²) in [6.45, 7) is 11.8. The van der Waals surface area contributed by atoms with E-state index in [1.54, 1.807) is 12.1 Å². The van der Waals surface area contributed by atoms with Crippen molar-refractivity contribution in [1.82, 2.24) is 10.6 Å². The Kier molecular flexibility index (Phi) is 9.60. The molecule has 0 unspecified atom stereocenters. The van der Waals surface area contributed by atoms with Gasteiger partial charge in [-0.15, -0.1) is 0 Å². The van der Waals surface area contributed by atoms with E-state index in [4.69, 9.17) is 14.2 Å². The molecule has 1 aliphatic rings. The van der Waals surface area contributed by atoms with E-state index in [1.807, 2.05) is 52.0 Å². The zero-order valence-corrected chi connectivity index (χ0v) is 21.0. The number of hydrogen-bond donors (Lipinski definition) is 3. The van der Waals surface area contributed by atoms with E-state index >= 15 is 0 Å². The van der Waals surface area contributed by atoms with Crippen molar-refractivity contribution in [3.63, 3.8) is 0 Å². The second-order valence-corrected chi connectivity index (χ2v) is 8.41. The van der Waals surface area contributed by atoms with Gasteiger partial charge >= 0.3 is 6.03 Å². The van der Waals surface area contributed by atoms with Gasteiger partial charge in [0.25, 0.3) is 5.91 Å². The van der Waals surface area contributed by atoms with Crippen LogP contribution in [0.2, 0.25) is 0 Å². The van der Waals surface area contributed by atoms with Gasteiger partial charge in [-0.05, 0) is 45.4 Å². The Hall–Kier alpha value is -3.46. The molecule has 0 aromatic heterocycles. The highest BCUT2D eigenvalue weighted by Crippen LogP contribution is 2.39. The second kappa shape index (κ2) is 12.9. The summed E-state index contributed by atoms with van der Waals surface area (Å²) in [4.78, 5) is 27.0. The van der Waals surface area contributed by atoms with Gasteiger partial charge < -0.3 is 35.1 Å². The van der Waals surface area contributed by atoms with Crippen molar-refractivity contribution in [3.8, 4) is 11.5 Å². The molecule has 1 fully saturated rings. The van der Waals surface area contributed by atoms with Gasteiger partial charge in [0.15, 0.2) is 0 Å². The summed E-state index contributed by atoms with van der Waals surface area (Å²) in [5, 5.41) is 8.54. The number of nitrogens with one attached hydrogen (secondary N) is 3. The van der Waals surface area contributed by atoms with Crippen molar-refractivity contribution in [2.45, 2.75) is 40.3 Å². The first-order chi connectivity index (χ1) is 16.9. The number of morpholine rings is 1. The molecule has 35 heavy (non-hydrogen) atoms. The highest BCUT2D eigenvalue weighted by atomic mass is 16.5. The lowest BCUT2D eigenvalue weighted by Gasteiger charge is -2.31. The Morgan fingerprint density at radius 1 is 1.00 bits per heavy atom. The maximum Gasteiger partial charge on any atom is 0.315 e. The van der Waals surface area contributed by atoms with Crippen LogP contribution >= 0.6 is 0 Å².